The first kappa shape index (κ1) is 18.2. The minimum Gasteiger partial charge on any atom is -0.345 e. The summed E-state index contributed by atoms with van der Waals surface area (Å²) in [5, 5.41) is 12.2. The maximum atomic E-state index is 12.3. The van der Waals surface area contributed by atoms with Crippen LogP contribution in [0.25, 0.3) is 0 Å². The third kappa shape index (κ3) is 4.52. The van der Waals surface area contributed by atoms with Gasteiger partial charge in [0.2, 0.25) is 0 Å². The minimum absolute atomic E-state index is 0.103. The first-order chi connectivity index (χ1) is 12.7. The molecule has 0 unspecified atom stereocenters. The number of carbonyl (C=O) groups is 1. The van der Waals surface area contributed by atoms with Crippen LogP contribution in [-0.4, -0.2) is 20.7 Å². The molecule has 0 bridgehead atoms. The fraction of sp³-hybridized carbons (Fsp3) is 0.250. The molecule has 0 saturated heterocycles. The summed E-state index contributed by atoms with van der Waals surface area (Å²) in [6.07, 6.45) is 0.963. The van der Waals surface area contributed by atoms with E-state index in [1.165, 1.54) is 11.1 Å². The van der Waals surface area contributed by atoms with E-state index in [9.17, 15) is 4.79 Å². The Bertz CT molecular complexity index is 859. The number of hydrogen-bond donors (Lipinski definition) is 1. The first-order valence-electron chi connectivity index (χ1n) is 8.59. The van der Waals surface area contributed by atoms with E-state index in [0.717, 1.165) is 23.2 Å². The monoisotopic (exact) mass is 366 g/mol. The van der Waals surface area contributed by atoms with E-state index in [1.807, 2.05) is 54.1 Å². The van der Waals surface area contributed by atoms with Crippen LogP contribution in [0.4, 0.5) is 0 Å². The Morgan fingerprint density at radius 2 is 1.77 bits per heavy atom. The Kier molecular flexibility index (Phi) is 6.07. The molecule has 0 aliphatic rings. The number of amides is 1. The molecule has 3 aromatic rings. The van der Waals surface area contributed by atoms with Gasteiger partial charge in [-0.1, -0.05) is 61.2 Å². The highest BCUT2D eigenvalue weighted by Crippen LogP contribution is 2.20. The summed E-state index contributed by atoms with van der Waals surface area (Å²) < 4.78 is 1.92. The first-order valence-corrected chi connectivity index (χ1v) is 9.58. The molecule has 1 heterocycles. The molecule has 0 saturated carbocycles. The summed E-state index contributed by atoms with van der Waals surface area (Å²) in [6.45, 7) is 2.44. The van der Waals surface area contributed by atoms with Crippen molar-refractivity contribution >= 4 is 17.7 Å². The number of aryl methyl sites for hydroxylation is 1. The summed E-state index contributed by atoms with van der Waals surface area (Å²) in [5.74, 6) is 1.47. The smallest absolute Gasteiger partial charge is 0.251 e. The van der Waals surface area contributed by atoms with Gasteiger partial charge in [-0.2, -0.15) is 0 Å². The predicted octanol–water partition coefficient (Wildman–Crippen LogP) is 3.60. The van der Waals surface area contributed by atoms with Crippen LogP contribution < -0.4 is 5.32 Å². The topological polar surface area (TPSA) is 59.8 Å². The lowest BCUT2D eigenvalue weighted by molar-refractivity contribution is 0.0949. The van der Waals surface area contributed by atoms with Gasteiger partial charge in [0.05, 0.1) is 6.54 Å². The molecular formula is C20H22N4OS. The normalized spacial score (nSPS) is 10.7. The van der Waals surface area contributed by atoms with Crippen molar-refractivity contribution < 1.29 is 4.79 Å². The van der Waals surface area contributed by atoms with E-state index in [0.29, 0.717) is 12.1 Å². The molecule has 0 radical (unpaired) electrons. The maximum absolute atomic E-state index is 12.3. The molecule has 0 fully saturated rings. The average Bonchev–Trinajstić information content (AvgIpc) is 3.05. The molecule has 26 heavy (non-hydrogen) atoms. The summed E-state index contributed by atoms with van der Waals surface area (Å²) in [5.41, 5.74) is 3.11. The van der Waals surface area contributed by atoms with Gasteiger partial charge in [0.25, 0.3) is 5.91 Å². The second-order valence-corrected chi connectivity index (χ2v) is 6.91. The SMILES string of the molecule is CCc1ccc(C(=O)NCc2nnc(SCc3ccccc3)n2C)cc1. The van der Waals surface area contributed by atoms with Gasteiger partial charge in [0, 0.05) is 18.4 Å². The Morgan fingerprint density at radius 3 is 2.46 bits per heavy atom. The zero-order valence-electron chi connectivity index (χ0n) is 15.0. The molecular weight excluding hydrogens is 344 g/mol. The van der Waals surface area contributed by atoms with Crippen LogP contribution in [0.5, 0.6) is 0 Å². The molecule has 134 valence electrons. The van der Waals surface area contributed by atoms with Gasteiger partial charge in [0.1, 0.15) is 0 Å². The van der Waals surface area contributed by atoms with Gasteiger partial charge in [-0.25, -0.2) is 0 Å². The number of rotatable bonds is 7. The highest BCUT2D eigenvalue weighted by molar-refractivity contribution is 7.98. The van der Waals surface area contributed by atoms with Crippen molar-refractivity contribution in [1.29, 1.82) is 0 Å². The van der Waals surface area contributed by atoms with E-state index in [4.69, 9.17) is 0 Å². The highest BCUT2D eigenvalue weighted by atomic mass is 32.2. The van der Waals surface area contributed by atoms with E-state index < -0.39 is 0 Å². The largest absolute Gasteiger partial charge is 0.345 e. The fourth-order valence-corrected chi connectivity index (χ4v) is 3.39. The van der Waals surface area contributed by atoms with E-state index >= 15 is 0 Å². The van der Waals surface area contributed by atoms with Crippen LogP contribution in [-0.2, 0) is 25.8 Å². The van der Waals surface area contributed by atoms with Crippen LogP contribution in [0.15, 0.2) is 59.8 Å². The Morgan fingerprint density at radius 1 is 1.04 bits per heavy atom. The number of hydrogen-bond acceptors (Lipinski definition) is 4. The van der Waals surface area contributed by atoms with Gasteiger partial charge >= 0.3 is 0 Å². The average molecular weight is 366 g/mol. The maximum Gasteiger partial charge on any atom is 0.251 e. The lowest BCUT2D eigenvalue weighted by Gasteiger charge is -2.07. The second kappa shape index (κ2) is 8.67. The zero-order chi connectivity index (χ0) is 18.4. The van der Waals surface area contributed by atoms with E-state index in [2.05, 4.69) is 34.6 Å². The van der Waals surface area contributed by atoms with Gasteiger partial charge in [-0.3, -0.25) is 4.79 Å². The lowest BCUT2D eigenvalue weighted by atomic mass is 10.1. The Labute approximate surface area is 157 Å². The number of nitrogens with one attached hydrogen (secondary N) is 1. The second-order valence-electron chi connectivity index (χ2n) is 5.97. The summed E-state index contributed by atoms with van der Waals surface area (Å²) >= 11 is 1.63. The number of benzene rings is 2. The molecule has 0 atom stereocenters. The van der Waals surface area contributed by atoms with E-state index in [1.54, 1.807) is 11.8 Å². The standard InChI is InChI=1S/C20H22N4OS/c1-3-15-9-11-17(12-10-15)19(25)21-13-18-22-23-20(24(18)2)26-14-16-7-5-4-6-8-16/h4-12H,3,13-14H2,1-2H3,(H,21,25). The Balaban J connectivity index is 1.56. The molecule has 2 aromatic carbocycles. The minimum atomic E-state index is -0.103. The molecule has 0 aliphatic carbocycles. The predicted molar refractivity (Wildman–Crippen MR) is 104 cm³/mol. The molecule has 1 aromatic heterocycles. The van der Waals surface area contributed by atoms with Crippen molar-refractivity contribution in [2.24, 2.45) is 7.05 Å². The number of thioether (sulfide) groups is 1. The van der Waals surface area contributed by atoms with Crippen LogP contribution in [0.1, 0.15) is 34.2 Å². The van der Waals surface area contributed by atoms with Gasteiger partial charge < -0.3 is 9.88 Å². The van der Waals surface area contributed by atoms with E-state index in [-0.39, 0.29) is 5.91 Å². The van der Waals surface area contributed by atoms with Crippen molar-refractivity contribution in [1.82, 2.24) is 20.1 Å². The quantitative estimate of drug-likeness (QED) is 0.649. The van der Waals surface area contributed by atoms with Crippen molar-refractivity contribution in [3.63, 3.8) is 0 Å². The van der Waals surface area contributed by atoms with Gasteiger partial charge in [-0.15, -0.1) is 10.2 Å². The number of nitrogens with zero attached hydrogens (tertiary/aromatic N) is 3. The van der Waals surface area contributed by atoms with Crippen molar-refractivity contribution in [3.8, 4) is 0 Å². The van der Waals surface area contributed by atoms with Crippen LogP contribution >= 0.6 is 11.8 Å². The van der Waals surface area contributed by atoms with Crippen LogP contribution in [0.2, 0.25) is 0 Å². The van der Waals surface area contributed by atoms with Crippen molar-refractivity contribution in [3.05, 3.63) is 77.1 Å². The molecule has 3 rings (SSSR count). The fourth-order valence-electron chi connectivity index (χ4n) is 2.50. The van der Waals surface area contributed by atoms with Crippen LogP contribution in [0, 0.1) is 0 Å². The summed E-state index contributed by atoms with van der Waals surface area (Å²) in [6, 6.07) is 17.9. The van der Waals surface area contributed by atoms with Crippen LogP contribution in [0.3, 0.4) is 0 Å². The third-order valence-electron chi connectivity index (χ3n) is 4.17. The number of aromatic nitrogens is 3. The molecule has 0 spiro atoms. The zero-order valence-corrected chi connectivity index (χ0v) is 15.8. The molecule has 1 N–H and O–H groups in total. The van der Waals surface area contributed by atoms with Crippen molar-refractivity contribution in [2.45, 2.75) is 30.8 Å². The molecule has 1 amide bonds. The van der Waals surface area contributed by atoms with Gasteiger partial charge in [-0.05, 0) is 29.7 Å². The molecule has 6 heteroatoms. The molecule has 0 aliphatic heterocycles. The summed E-state index contributed by atoms with van der Waals surface area (Å²) in [4.78, 5) is 12.3. The highest BCUT2D eigenvalue weighted by Gasteiger charge is 2.11. The lowest BCUT2D eigenvalue weighted by Crippen LogP contribution is -2.24. The molecule has 5 nitrogen and oxygen atoms in total. The number of carbonyl (C=O) groups excluding carboxylic acids is 1. The Hall–Kier alpha value is -2.60. The summed E-state index contributed by atoms with van der Waals surface area (Å²) in [7, 11) is 1.92. The van der Waals surface area contributed by atoms with Crippen molar-refractivity contribution in [2.75, 3.05) is 0 Å². The van der Waals surface area contributed by atoms with Gasteiger partial charge in [0.15, 0.2) is 11.0 Å². The third-order valence-corrected chi connectivity index (χ3v) is 5.26.